The number of likely N-dealkylation sites (tertiary alicyclic amines) is 2. The minimum atomic E-state index is -0.642. The normalized spacial score (nSPS) is 20.5. The Balaban J connectivity index is 2.02. The topological polar surface area (TPSA) is 78.9 Å². The Morgan fingerprint density at radius 1 is 0.625 bits per heavy atom. The predicted molar refractivity (Wildman–Crippen MR) is 99.3 cm³/mol. The zero-order valence-electron chi connectivity index (χ0n) is 15.9. The SMILES string of the molecule is CC(C)(N=NC(C)(C)C(=N)N1CCCCC1)C(=N)N1CCCCC1. The second-order valence-corrected chi connectivity index (χ2v) is 8.11. The van der Waals surface area contributed by atoms with Crippen LogP contribution >= 0.6 is 0 Å². The Hall–Kier alpha value is -1.46. The van der Waals surface area contributed by atoms with Crippen molar-refractivity contribution >= 4 is 11.7 Å². The molecule has 0 atom stereocenters. The summed E-state index contributed by atoms with van der Waals surface area (Å²) in [6, 6.07) is 0. The van der Waals surface area contributed by atoms with Gasteiger partial charge in [-0.25, -0.2) is 0 Å². The van der Waals surface area contributed by atoms with Crippen LogP contribution in [0.15, 0.2) is 10.2 Å². The van der Waals surface area contributed by atoms with Gasteiger partial charge in [0.2, 0.25) is 0 Å². The van der Waals surface area contributed by atoms with Gasteiger partial charge in [-0.3, -0.25) is 10.8 Å². The number of piperidine rings is 2. The summed E-state index contributed by atoms with van der Waals surface area (Å²) in [7, 11) is 0. The Bertz CT molecular complexity index is 438. The highest BCUT2D eigenvalue weighted by molar-refractivity contribution is 5.89. The quantitative estimate of drug-likeness (QED) is 0.464. The minimum Gasteiger partial charge on any atom is -0.358 e. The first-order chi connectivity index (χ1) is 11.2. The lowest BCUT2D eigenvalue weighted by Crippen LogP contribution is -2.47. The number of nitrogens with zero attached hydrogens (tertiary/aromatic N) is 4. The summed E-state index contributed by atoms with van der Waals surface area (Å²) in [5, 5.41) is 26.0. The van der Waals surface area contributed by atoms with Gasteiger partial charge in [0, 0.05) is 26.2 Å². The van der Waals surface area contributed by atoms with E-state index in [2.05, 4.69) is 20.0 Å². The number of azo groups is 1. The van der Waals surface area contributed by atoms with Crippen molar-refractivity contribution < 1.29 is 0 Å². The second kappa shape index (κ2) is 7.62. The van der Waals surface area contributed by atoms with Crippen LogP contribution in [-0.4, -0.2) is 58.7 Å². The van der Waals surface area contributed by atoms with Crippen LogP contribution in [0.2, 0.25) is 0 Å². The van der Waals surface area contributed by atoms with Crippen LogP contribution in [-0.2, 0) is 0 Å². The minimum absolute atomic E-state index is 0.547. The molecule has 2 saturated heterocycles. The standard InChI is InChI=1S/C18H34N6/c1-17(2,15(19)23-11-7-5-8-12-23)21-22-18(3,4)16(20)24-13-9-6-10-14-24/h19-20H,5-14H2,1-4H3. The molecule has 136 valence electrons. The summed E-state index contributed by atoms with van der Waals surface area (Å²) in [5.41, 5.74) is -1.28. The van der Waals surface area contributed by atoms with Crippen LogP contribution in [0.3, 0.4) is 0 Å². The van der Waals surface area contributed by atoms with Crippen LogP contribution in [0.1, 0.15) is 66.2 Å². The Morgan fingerprint density at radius 2 is 0.917 bits per heavy atom. The zero-order valence-corrected chi connectivity index (χ0v) is 15.9. The van der Waals surface area contributed by atoms with Gasteiger partial charge in [-0.15, -0.1) is 0 Å². The summed E-state index contributed by atoms with van der Waals surface area (Å²) in [6.07, 6.45) is 7.13. The van der Waals surface area contributed by atoms with Crippen molar-refractivity contribution in [3.63, 3.8) is 0 Å². The molecular weight excluding hydrogens is 300 g/mol. The van der Waals surface area contributed by atoms with Crippen molar-refractivity contribution in [2.45, 2.75) is 77.3 Å². The first-order valence-electron chi connectivity index (χ1n) is 9.36. The van der Waals surface area contributed by atoms with Crippen LogP contribution in [0.4, 0.5) is 0 Å². The van der Waals surface area contributed by atoms with Gasteiger partial charge in [-0.1, -0.05) is 0 Å². The van der Waals surface area contributed by atoms with E-state index < -0.39 is 11.1 Å². The average molecular weight is 335 g/mol. The van der Waals surface area contributed by atoms with Gasteiger partial charge in [-0.2, -0.15) is 10.2 Å². The maximum absolute atomic E-state index is 8.50. The maximum Gasteiger partial charge on any atom is 0.132 e. The molecule has 24 heavy (non-hydrogen) atoms. The zero-order chi connectivity index (χ0) is 17.8. The predicted octanol–water partition coefficient (Wildman–Crippen LogP) is 3.92. The molecule has 0 aromatic carbocycles. The van der Waals surface area contributed by atoms with E-state index in [4.69, 9.17) is 10.8 Å². The van der Waals surface area contributed by atoms with Crippen LogP contribution < -0.4 is 0 Å². The van der Waals surface area contributed by atoms with E-state index in [-0.39, 0.29) is 0 Å². The fraction of sp³-hybridized carbons (Fsp3) is 0.889. The third-order valence-electron chi connectivity index (χ3n) is 5.05. The molecular formula is C18H34N6. The summed E-state index contributed by atoms with van der Waals surface area (Å²) in [6.45, 7) is 11.6. The third kappa shape index (κ3) is 4.54. The van der Waals surface area contributed by atoms with Crippen LogP contribution in [0.25, 0.3) is 0 Å². The first-order valence-corrected chi connectivity index (χ1v) is 9.36. The van der Waals surface area contributed by atoms with Gasteiger partial charge in [-0.05, 0) is 66.2 Å². The molecule has 2 aliphatic rings. The van der Waals surface area contributed by atoms with Gasteiger partial charge in [0.05, 0.1) is 0 Å². The highest BCUT2D eigenvalue weighted by atomic mass is 15.3. The van der Waals surface area contributed by atoms with E-state index in [9.17, 15) is 0 Å². The van der Waals surface area contributed by atoms with E-state index in [0.717, 1.165) is 51.9 Å². The van der Waals surface area contributed by atoms with Gasteiger partial charge in [0.1, 0.15) is 22.7 Å². The molecule has 0 spiro atoms. The second-order valence-electron chi connectivity index (χ2n) is 8.11. The van der Waals surface area contributed by atoms with Crippen molar-refractivity contribution in [3.8, 4) is 0 Å². The lowest BCUT2D eigenvalue weighted by Gasteiger charge is -2.36. The van der Waals surface area contributed by atoms with Gasteiger partial charge >= 0.3 is 0 Å². The lowest BCUT2D eigenvalue weighted by atomic mass is 10.0. The molecule has 0 aromatic heterocycles. The highest BCUT2D eigenvalue weighted by Gasteiger charge is 2.33. The number of nitrogens with one attached hydrogen (secondary N) is 2. The van der Waals surface area contributed by atoms with Crippen molar-refractivity contribution in [1.29, 1.82) is 10.8 Å². The number of rotatable bonds is 4. The molecule has 0 amide bonds. The molecule has 0 radical (unpaired) electrons. The summed E-state index contributed by atoms with van der Waals surface area (Å²) >= 11 is 0. The molecule has 2 fully saturated rings. The van der Waals surface area contributed by atoms with E-state index in [1.54, 1.807) is 0 Å². The number of amidine groups is 2. The largest absolute Gasteiger partial charge is 0.358 e. The van der Waals surface area contributed by atoms with Gasteiger partial charge in [0.15, 0.2) is 0 Å². The Kier molecular flexibility index (Phi) is 5.99. The molecule has 2 rings (SSSR count). The lowest BCUT2D eigenvalue weighted by molar-refractivity contribution is 0.312. The first kappa shape index (κ1) is 18.9. The molecule has 2 aliphatic heterocycles. The summed E-state index contributed by atoms with van der Waals surface area (Å²) in [5.74, 6) is 1.09. The fourth-order valence-corrected chi connectivity index (χ4v) is 3.35. The van der Waals surface area contributed by atoms with Crippen molar-refractivity contribution in [3.05, 3.63) is 0 Å². The van der Waals surface area contributed by atoms with Crippen LogP contribution in [0.5, 0.6) is 0 Å². The fourth-order valence-electron chi connectivity index (χ4n) is 3.35. The van der Waals surface area contributed by atoms with Gasteiger partial charge in [0.25, 0.3) is 0 Å². The van der Waals surface area contributed by atoms with E-state index in [0.29, 0.717) is 11.7 Å². The summed E-state index contributed by atoms with van der Waals surface area (Å²) in [4.78, 5) is 4.26. The molecule has 0 bridgehead atoms. The number of hydrogen-bond donors (Lipinski definition) is 2. The Labute approximate surface area is 146 Å². The molecule has 0 aliphatic carbocycles. The van der Waals surface area contributed by atoms with Crippen molar-refractivity contribution in [2.75, 3.05) is 26.2 Å². The maximum atomic E-state index is 8.50. The molecule has 2 heterocycles. The smallest absolute Gasteiger partial charge is 0.132 e. The van der Waals surface area contributed by atoms with E-state index >= 15 is 0 Å². The highest BCUT2D eigenvalue weighted by Crippen LogP contribution is 2.23. The summed E-state index contributed by atoms with van der Waals surface area (Å²) < 4.78 is 0. The van der Waals surface area contributed by atoms with Crippen LogP contribution in [0, 0.1) is 10.8 Å². The average Bonchev–Trinajstić information content (AvgIpc) is 2.60. The van der Waals surface area contributed by atoms with Gasteiger partial charge < -0.3 is 9.80 Å². The molecule has 0 unspecified atom stereocenters. The van der Waals surface area contributed by atoms with E-state index in [1.165, 1.54) is 12.8 Å². The van der Waals surface area contributed by atoms with Crippen molar-refractivity contribution in [1.82, 2.24) is 9.80 Å². The van der Waals surface area contributed by atoms with Crippen molar-refractivity contribution in [2.24, 2.45) is 10.2 Å². The molecule has 6 nitrogen and oxygen atoms in total. The number of hydrogen-bond acceptors (Lipinski definition) is 4. The Morgan fingerprint density at radius 3 is 1.21 bits per heavy atom. The molecule has 6 heteroatoms. The molecule has 2 N–H and O–H groups in total. The van der Waals surface area contributed by atoms with E-state index in [1.807, 2.05) is 27.7 Å². The monoisotopic (exact) mass is 334 g/mol. The molecule has 0 aromatic rings. The molecule has 0 saturated carbocycles. The third-order valence-corrected chi connectivity index (χ3v) is 5.05.